The Balaban J connectivity index is 1.75. The molecule has 0 bridgehead atoms. The standard InChI is InChI=1S/C25H26N2O4/c1-4-31-25(29)22-15(2)27-20-13-17(16-8-10-18(30-3)11-9-16)14-21(28)23(20)24(22)19-7-5-6-12-26-19/h5-12,17,22,24H,4,13-14H2,1-3H3/t17-,22?,24-/m1/s1. The molecule has 31 heavy (non-hydrogen) atoms. The molecule has 1 aliphatic carbocycles. The van der Waals surface area contributed by atoms with E-state index in [0.29, 0.717) is 29.8 Å². The molecular weight excluding hydrogens is 392 g/mol. The number of carbonyl (C=O) groups is 2. The summed E-state index contributed by atoms with van der Waals surface area (Å²) >= 11 is 0. The summed E-state index contributed by atoms with van der Waals surface area (Å²) in [5.74, 6) is -0.645. The Kier molecular flexibility index (Phi) is 5.98. The van der Waals surface area contributed by atoms with Crippen LogP contribution in [0.5, 0.6) is 5.75 Å². The van der Waals surface area contributed by atoms with Gasteiger partial charge >= 0.3 is 5.97 Å². The van der Waals surface area contributed by atoms with E-state index in [1.807, 2.05) is 49.4 Å². The Labute approximate surface area is 182 Å². The average molecular weight is 418 g/mol. The fourth-order valence-corrected chi connectivity index (χ4v) is 4.59. The van der Waals surface area contributed by atoms with Crippen molar-refractivity contribution >= 4 is 17.5 Å². The van der Waals surface area contributed by atoms with E-state index in [0.717, 1.165) is 17.0 Å². The molecule has 0 radical (unpaired) electrons. The van der Waals surface area contributed by atoms with Crippen LogP contribution in [-0.4, -0.2) is 36.2 Å². The maximum absolute atomic E-state index is 13.4. The maximum Gasteiger partial charge on any atom is 0.315 e. The van der Waals surface area contributed by atoms with Gasteiger partial charge in [0.15, 0.2) is 5.78 Å². The molecule has 2 aromatic rings. The third kappa shape index (κ3) is 4.02. The smallest absolute Gasteiger partial charge is 0.315 e. The fraction of sp³-hybridized carbons (Fsp3) is 0.360. The van der Waals surface area contributed by atoms with Gasteiger partial charge in [-0.2, -0.15) is 0 Å². The predicted molar refractivity (Wildman–Crippen MR) is 117 cm³/mol. The van der Waals surface area contributed by atoms with Gasteiger partial charge in [0.1, 0.15) is 11.7 Å². The summed E-state index contributed by atoms with van der Waals surface area (Å²) in [4.78, 5) is 35.5. The number of aliphatic imine (C=N–C) groups is 1. The molecule has 0 spiro atoms. The van der Waals surface area contributed by atoms with Crippen LogP contribution in [0.2, 0.25) is 0 Å². The lowest BCUT2D eigenvalue weighted by Gasteiger charge is -2.36. The monoisotopic (exact) mass is 418 g/mol. The predicted octanol–water partition coefficient (Wildman–Crippen LogP) is 4.23. The van der Waals surface area contributed by atoms with Gasteiger partial charge in [-0.05, 0) is 56.0 Å². The molecule has 0 saturated heterocycles. The van der Waals surface area contributed by atoms with Gasteiger partial charge < -0.3 is 9.47 Å². The van der Waals surface area contributed by atoms with E-state index >= 15 is 0 Å². The Morgan fingerprint density at radius 3 is 2.55 bits per heavy atom. The van der Waals surface area contributed by atoms with E-state index < -0.39 is 11.8 Å². The number of allylic oxidation sites excluding steroid dienone is 2. The summed E-state index contributed by atoms with van der Waals surface area (Å²) in [6, 6.07) is 13.4. The van der Waals surface area contributed by atoms with Gasteiger partial charge in [-0.25, -0.2) is 0 Å². The molecule has 4 rings (SSSR count). The van der Waals surface area contributed by atoms with E-state index in [-0.39, 0.29) is 24.3 Å². The summed E-state index contributed by atoms with van der Waals surface area (Å²) in [5, 5.41) is 0. The lowest BCUT2D eigenvalue weighted by atomic mass is 9.70. The van der Waals surface area contributed by atoms with Gasteiger partial charge in [0.05, 0.1) is 19.6 Å². The molecule has 2 heterocycles. The molecule has 0 saturated carbocycles. The SMILES string of the molecule is CCOC(=O)C1C(C)=NC2=C(C(=O)C[C@H](c3ccc(OC)cc3)C2)[C@@H]1c1ccccn1. The molecule has 1 aliphatic heterocycles. The molecule has 2 aliphatic rings. The van der Waals surface area contributed by atoms with Gasteiger partial charge in [-0.1, -0.05) is 18.2 Å². The van der Waals surface area contributed by atoms with Crippen molar-refractivity contribution in [2.75, 3.05) is 13.7 Å². The van der Waals surface area contributed by atoms with E-state index in [9.17, 15) is 9.59 Å². The van der Waals surface area contributed by atoms with E-state index in [2.05, 4.69) is 4.98 Å². The van der Waals surface area contributed by atoms with Crippen LogP contribution < -0.4 is 4.74 Å². The second kappa shape index (κ2) is 8.84. The number of aromatic nitrogens is 1. The zero-order valence-corrected chi connectivity index (χ0v) is 18.0. The number of esters is 1. The highest BCUT2D eigenvalue weighted by atomic mass is 16.5. The number of nitrogens with zero attached hydrogens (tertiary/aromatic N) is 2. The number of carbonyl (C=O) groups excluding carboxylic acids is 2. The molecule has 6 heteroatoms. The molecule has 1 unspecified atom stereocenters. The quantitative estimate of drug-likeness (QED) is 0.679. The van der Waals surface area contributed by atoms with Crippen LogP contribution in [0.25, 0.3) is 0 Å². The van der Waals surface area contributed by atoms with Crippen LogP contribution >= 0.6 is 0 Å². The molecule has 0 amide bonds. The van der Waals surface area contributed by atoms with Crippen molar-refractivity contribution in [1.29, 1.82) is 0 Å². The highest BCUT2D eigenvalue weighted by molar-refractivity contribution is 6.09. The molecule has 1 aromatic heterocycles. The fourth-order valence-electron chi connectivity index (χ4n) is 4.59. The van der Waals surface area contributed by atoms with Gasteiger partial charge in [0.2, 0.25) is 0 Å². The maximum atomic E-state index is 13.4. The number of benzene rings is 1. The number of rotatable bonds is 5. The molecule has 6 nitrogen and oxygen atoms in total. The van der Waals surface area contributed by atoms with E-state index in [4.69, 9.17) is 14.5 Å². The summed E-state index contributed by atoms with van der Waals surface area (Å²) in [6.07, 6.45) is 2.70. The molecule has 160 valence electrons. The number of ketones is 1. The second-order valence-corrected chi connectivity index (χ2v) is 7.88. The second-order valence-electron chi connectivity index (χ2n) is 7.88. The zero-order valence-electron chi connectivity index (χ0n) is 18.0. The number of hydrogen-bond donors (Lipinski definition) is 0. The van der Waals surface area contributed by atoms with Crippen LogP contribution in [0.4, 0.5) is 0 Å². The number of pyridine rings is 1. The van der Waals surface area contributed by atoms with Gasteiger partial charge in [-0.3, -0.25) is 19.6 Å². The molecule has 0 N–H and O–H groups in total. The lowest BCUT2D eigenvalue weighted by molar-refractivity contribution is -0.146. The number of hydrogen-bond acceptors (Lipinski definition) is 6. The summed E-state index contributed by atoms with van der Waals surface area (Å²) in [7, 11) is 1.63. The molecule has 0 fully saturated rings. The van der Waals surface area contributed by atoms with Crippen molar-refractivity contribution < 1.29 is 19.1 Å². The number of methoxy groups -OCH3 is 1. The summed E-state index contributed by atoms with van der Waals surface area (Å²) in [6.45, 7) is 3.89. The Morgan fingerprint density at radius 2 is 1.90 bits per heavy atom. The normalized spacial score (nSPS) is 23.1. The number of Topliss-reactive ketones (excluding diaryl/α,β-unsaturated/α-hetero) is 1. The summed E-state index contributed by atoms with van der Waals surface area (Å²) in [5.41, 5.74) is 3.79. The van der Waals surface area contributed by atoms with Crippen LogP contribution in [0.3, 0.4) is 0 Å². The van der Waals surface area contributed by atoms with Crippen molar-refractivity contribution in [3.8, 4) is 5.75 Å². The molecule has 1 aromatic carbocycles. The van der Waals surface area contributed by atoms with E-state index in [1.165, 1.54) is 0 Å². The van der Waals surface area contributed by atoms with Crippen molar-refractivity contribution in [2.45, 2.75) is 38.5 Å². The third-order valence-corrected chi connectivity index (χ3v) is 6.02. The summed E-state index contributed by atoms with van der Waals surface area (Å²) < 4.78 is 10.6. The van der Waals surface area contributed by atoms with Crippen LogP contribution in [0.15, 0.2) is 64.9 Å². The zero-order chi connectivity index (χ0) is 22.0. The van der Waals surface area contributed by atoms with Crippen LogP contribution in [-0.2, 0) is 14.3 Å². The van der Waals surface area contributed by atoms with Gasteiger partial charge in [0, 0.05) is 35.3 Å². The minimum atomic E-state index is -0.643. The Bertz CT molecular complexity index is 1040. The highest BCUT2D eigenvalue weighted by Gasteiger charge is 2.45. The minimum absolute atomic E-state index is 0.0169. The minimum Gasteiger partial charge on any atom is -0.497 e. The first-order valence-electron chi connectivity index (χ1n) is 10.6. The average Bonchev–Trinajstić information content (AvgIpc) is 2.78. The van der Waals surface area contributed by atoms with Crippen molar-refractivity contribution in [2.24, 2.45) is 10.9 Å². The first-order valence-corrected chi connectivity index (χ1v) is 10.6. The molecular formula is C25H26N2O4. The highest BCUT2D eigenvalue weighted by Crippen LogP contribution is 2.46. The van der Waals surface area contributed by atoms with E-state index in [1.54, 1.807) is 20.2 Å². The molecule has 3 atom stereocenters. The van der Waals surface area contributed by atoms with Crippen LogP contribution in [0.1, 0.15) is 49.8 Å². The van der Waals surface area contributed by atoms with Gasteiger partial charge in [-0.15, -0.1) is 0 Å². The number of ether oxygens (including phenoxy) is 2. The van der Waals surface area contributed by atoms with Gasteiger partial charge in [0.25, 0.3) is 0 Å². The van der Waals surface area contributed by atoms with Crippen molar-refractivity contribution in [3.05, 3.63) is 71.2 Å². The van der Waals surface area contributed by atoms with Crippen LogP contribution in [0, 0.1) is 5.92 Å². The topological polar surface area (TPSA) is 77.8 Å². The van der Waals surface area contributed by atoms with Crippen molar-refractivity contribution in [1.82, 2.24) is 4.98 Å². The largest absolute Gasteiger partial charge is 0.497 e. The Morgan fingerprint density at radius 1 is 1.13 bits per heavy atom. The lowest BCUT2D eigenvalue weighted by Crippen LogP contribution is -2.38. The third-order valence-electron chi connectivity index (χ3n) is 6.02. The first-order chi connectivity index (χ1) is 15.0. The Hall–Kier alpha value is -3.28. The first kappa shape index (κ1) is 21.0. The van der Waals surface area contributed by atoms with Crippen molar-refractivity contribution in [3.63, 3.8) is 0 Å².